The molecule has 0 aliphatic heterocycles. The van der Waals surface area contributed by atoms with Crippen molar-refractivity contribution in [1.29, 1.82) is 0 Å². The van der Waals surface area contributed by atoms with Crippen LogP contribution in [0.25, 0.3) is 0 Å². The van der Waals surface area contributed by atoms with E-state index < -0.39 is 0 Å². The monoisotopic (exact) mass is 237 g/mol. The van der Waals surface area contributed by atoms with Crippen LogP contribution in [-0.2, 0) is 11.2 Å². The van der Waals surface area contributed by atoms with Gasteiger partial charge in [0, 0.05) is 10.4 Å². The van der Waals surface area contributed by atoms with E-state index in [-0.39, 0.29) is 11.4 Å². The molecule has 0 saturated carbocycles. The van der Waals surface area contributed by atoms with Crippen LogP contribution >= 0.6 is 12.6 Å². The summed E-state index contributed by atoms with van der Waals surface area (Å²) in [5, 5.41) is 3.01. The van der Waals surface area contributed by atoms with Crippen LogP contribution in [0.15, 0.2) is 29.2 Å². The molecule has 0 radical (unpaired) electrons. The summed E-state index contributed by atoms with van der Waals surface area (Å²) in [5.74, 6) is 0.0683. The van der Waals surface area contributed by atoms with Crippen LogP contribution in [0.3, 0.4) is 0 Å². The zero-order valence-electron chi connectivity index (χ0n) is 10.1. The molecule has 1 aromatic rings. The highest BCUT2D eigenvalue weighted by Crippen LogP contribution is 2.10. The molecule has 1 N–H and O–H groups in total. The number of nitrogens with one attached hydrogen (secondary N) is 1. The van der Waals surface area contributed by atoms with Gasteiger partial charge in [-0.3, -0.25) is 4.79 Å². The highest BCUT2D eigenvalue weighted by Gasteiger charge is 2.17. The third kappa shape index (κ3) is 4.27. The zero-order valence-corrected chi connectivity index (χ0v) is 11.0. The molecule has 0 unspecified atom stereocenters. The highest BCUT2D eigenvalue weighted by molar-refractivity contribution is 7.80. The van der Waals surface area contributed by atoms with Gasteiger partial charge in [-0.1, -0.05) is 19.1 Å². The molecule has 0 heterocycles. The molecule has 1 rings (SSSR count). The second-order valence-corrected chi connectivity index (χ2v) is 5.15. The molecule has 0 bridgehead atoms. The Kier molecular flexibility index (Phi) is 4.42. The van der Waals surface area contributed by atoms with Crippen molar-refractivity contribution >= 4 is 18.5 Å². The van der Waals surface area contributed by atoms with Crippen molar-refractivity contribution in [2.45, 2.75) is 44.0 Å². The van der Waals surface area contributed by atoms with Gasteiger partial charge in [-0.25, -0.2) is 0 Å². The van der Waals surface area contributed by atoms with Gasteiger partial charge in [0.15, 0.2) is 0 Å². The Morgan fingerprint density at radius 3 is 2.38 bits per heavy atom. The number of hydrogen-bond acceptors (Lipinski definition) is 2. The minimum absolute atomic E-state index is 0.0683. The van der Waals surface area contributed by atoms with Crippen LogP contribution in [-0.4, -0.2) is 11.4 Å². The van der Waals surface area contributed by atoms with E-state index in [4.69, 9.17) is 0 Å². The van der Waals surface area contributed by atoms with Crippen LogP contribution in [0, 0.1) is 0 Å². The van der Waals surface area contributed by atoms with E-state index in [2.05, 4.69) is 24.9 Å². The Morgan fingerprint density at radius 1 is 1.31 bits per heavy atom. The Labute approximate surface area is 103 Å². The van der Waals surface area contributed by atoms with Gasteiger partial charge in [0.2, 0.25) is 5.91 Å². The summed E-state index contributed by atoms with van der Waals surface area (Å²) in [4.78, 5) is 12.7. The lowest BCUT2D eigenvalue weighted by atomic mass is 10.0. The fourth-order valence-corrected chi connectivity index (χ4v) is 1.46. The number of carbonyl (C=O) groups excluding carboxylic acids is 1. The van der Waals surface area contributed by atoms with Crippen LogP contribution in [0.2, 0.25) is 0 Å². The van der Waals surface area contributed by atoms with Crippen LogP contribution in [0.1, 0.15) is 32.8 Å². The third-order valence-corrected chi connectivity index (χ3v) is 2.96. The molecule has 0 atom stereocenters. The maximum absolute atomic E-state index is 11.7. The molecule has 3 heteroatoms. The van der Waals surface area contributed by atoms with Crippen molar-refractivity contribution in [3.63, 3.8) is 0 Å². The summed E-state index contributed by atoms with van der Waals surface area (Å²) < 4.78 is 0. The van der Waals surface area contributed by atoms with Crippen molar-refractivity contribution in [2.75, 3.05) is 0 Å². The van der Waals surface area contributed by atoms with Crippen molar-refractivity contribution in [2.24, 2.45) is 0 Å². The van der Waals surface area contributed by atoms with Crippen molar-refractivity contribution in [3.8, 4) is 0 Å². The largest absolute Gasteiger partial charge is 0.351 e. The molecule has 0 saturated heterocycles. The topological polar surface area (TPSA) is 29.1 Å². The summed E-state index contributed by atoms with van der Waals surface area (Å²) in [6, 6.07) is 7.66. The third-order valence-electron chi connectivity index (χ3n) is 2.66. The number of rotatable bonds is 4. The number of carbonyl (C=O) groups is 1. The second-order valence-electron chi connectivity index (χ2n) is 4.63. The number of benzene rings is 1. The van der Waals surface area contributed by atoms with Gasteiger partial charge in [0.25, 0.3) is 0 Å². The van der Waals surface area contributed by atoms with Gasteiger partial charge >= 0.3 is 0 Å². The quantitative estimate of drug-likeness (QED) is 0.775. The first kappa shape index (κ1) is 13.1. The van der Waals surface area contributed by atoms with E-state index in [1.165, 1.54) is 0 Å². The molecule has 16 heavy (non-hydrogen) atoms. The van der Waals surface area contributed by atoms with E-state index in [0.29, 0.717) is 6.42 Å². The molecule has 0 aliphatic rings. The van der Waals surface area contributed by atoms with Gasteiger partial charge < -0.3 is 5.32 Å². The van der Waals surface area contributed by atoms with E-state index >= 15 is 0 Å². The van der Waals surface area contributed by atoms with E-state index in [1.54, 1.807) is 0 Å². The minimum Gasteiger partial charge on any atom is -0.351 e. The predicted molar refractivity (Wildman–Crippen MR) is 69.9 cm³/mol. The lowest BCUT2D eigenvalue weighted by molar-refractivity contribution is -0.122. The smallest absolute Gasteiger partial charge is 0.224 e. The van der Waals surface area contributed by atoms with E-state index in [1.807, 2.05) is 38.1 Å². The summed E-state index contributed by atoms with van der Waals surface area (Å²) >= 11 is 4.21. The number of thiol groups is 1. The van der Waals surface area contributed by atoms with Gasteiger partial charge in [-0.05, 0) is 38.0 Å². The second kappa shape index (κ2) is 5.39. The van der Waals surface area contributed by atoms with Crippen molar-refractivity contribution in [1.82, 2.24) is 5.32 Å². The summed E-state index contributed by atoms with van der Waals surface area (Å²) in [7, 11) is 0. The Bertz CT molecular complexity index is 357. The van der Waals surface area contributed by atoms with E-state index in [0.717, 1.165) is 16.9 Å². The fraction of sp³-hybridized carbons (Fsp3) is 0.462. The van der Waals surface area contributed by atoms with Gasteiger partial charge in [0.1, 0.15) is 0 Å². The summed E-state index contributed by atoms with van der Waals surface area (Å²) in [6.07, 6.45) is 1.35. The van der Waals surface area contributed by atoms with Crippen molar-refractivity contribution in [3.05, 3.63) is 29.8 Å². The Balaban J connectivity index is 2.55. The van der Waals surface area contributed by atoms with Crippen LogP contribution in [0.5, 0.6) is 0 Å². The van der Waals surface area contributed by atoms with Crippen molar-refractivity contribution < 1.29 is 4.79 Å². The molecule has 0 spiro atoms. The molecule has 2 nitrogen and oxygen atoms in total. The molecule has 88 valence electrons. The van der Waals surface area contributed by atoms with E-state index in [9.17, 15) is 4.79 Å². The molecular formula is C13H19NOS. The zero-order chi connectivity index (χ0) is 12.2. The average Bonchev–Trinajstić information content (AvgIpc) is 2.21. The van der Waals surface area contributed by atoms with Crippen LogP contribution < -0.4 is 5.32 Å². The fourth-order valence-electron chi connectivity index (χ4n) is 1.31. The SMILES string of the molecule is CCC(C)(C)NC(=O)Cc1ccc(S)cc1. The maximum atomic E-state index is 11.7. The maximum Gasteiger partial charge on any atom is 0.224 e. The number of hydrogen-bond donors (Lipinski definition) is 2. The van der Waals surface area contributed by atoms with Gasteiger partial charge in [-0.2, -0.15) is 0 Å². The predicted octanol–water partition coefficient (Wildman–Crippen LogP) is 2.82. The number of amides is 1. The average molecular weight is 237 g/mol. The summed E-state index contributed by atoms with van der Waals surface area (Å²) in [5.41, 5.74) is 0.891. The molecule has 0 fully saturated rings. The van der Waals surface area contributed by atoms with Gasteiger partial charge in [-0.15, -0.1) is 12.6 Å². The minimum atomic E-state index is -0.124. The van der Waals surface area contributed by atoms with Gasteiger partial charge in [0.05, 0.1) is 6.42 Å². The lowest BCUT2D eigenvalue weighted by Gasteiger charge is -2.24. The molecule has 1 amide bonds. The summed E-state index contributed by atoms with van der Waals surface area (Å²) in [6.45, 7) is 6.12. The molecule has 1 aromatic carbocycles. The first-order valence-corrected chi connectivity index (χ1v) is 5.96. The first-order valence-electron chi connectivity index (χ1n) is 5.52. The molecular weight excluding hydrogens is 218 g/mol. The Morgan fingerprint density at radius 2 is 1.88 bits per heavy atom. The Hall–Kier alpha value is -0.960. The first-order chi connectivity index (χ1) is 7.43. The standard InChI is InChI=1S/C13H19NOS/c1-4-13(2,3)14-12(15)9-10-5-7-11(16)8-6-10/h5-8,16H,4,9H2,1-3H3,(H,14,15). The molecule has 0 aliphatic carbocycles. The van der Waals surface area contributed by atoms with Crippen LogP contribution in [0.4, 0.5) is 0 Å². The normalized spacial score (nSPS) is 11.2. The lowest BCUT2D eigenvalue weighted by Crippen LogP contribution is -2.43. The molecule has 0 aromatic heterocycles. The highest BCUT2D eigenvalue weighted by atomic mass is 32.1.